The van der Waals surface area contributed by atoms with Gasteiger partial charge in [-0.1, -0.05) is 18.2 Å². The maximum absolute atomic E-state index is 3.64. The number of thiophene rings is 4. The molecule has 4 rings (SSSR count). The van der Waals surface area contributed by atoms with Crippen molar-refractivity contribution >= 4 is 61.3 Å². The summed E-state index contributed by atoms with van der Waals surface area (Å²) in [5.41, 5.74) is 0. The average Bonchev–Trinajstić information content (AvgIpc) is 3.31. The lowest BCUT2D eigenvalue weighted by atomic mass is 9.87. The van der Waals surface area contributed by atoms with E-state index in [-0.39, 0.29) is 0 Å². The smallest absolute Gasteiger partial charge is 0.0701 e. The van der Waals surface area contributed by atoms with Crippen molar-refractivity contribution in [1.82, 2.24) is 0 Å². The zero-order chi connectivity index (χ0) is 15.6. The third-order valence-corrected chi connectivity index (χ3v) is 8.36. The molecule has 0 saturated carbocycles. The van der Waals surface area contributed by atoms with Crippen LogP contribution in [0.1, 0.15) is 31.3 Å². The lowest BCUT2D eigenvalue weighted by Crippen LogP contribution is -2.10. The molecule has 0 fully saturated rings. The third kappa shape index (κ3) is 3.26. The first-order valence-corrected chi connectivity index (χ1v) is 11.4. The predicted molar refractivity (Wildman–Crippen MR) is 109 cm³/mol. The van der Waals surface area contributed by atoms with E-state index >= 15 is 0 Å². The van der Waals surface area contributed by atoms with Gasteiger partial charge in [-0.15, -0.1) is 45.3 Å². The molecule has 1 atom stereocenters. The van der Waals surface area contributed by atoms with Gasteiger partial charge in [0.25, 0.3) is 0 Å². The van der Waals surface area contributed by atoms with Crippen LogP contribution in [0.3, 0.4) is 0 Å². The maximum atomic E-state index is 3.64. The minimum Gasteiger partial charge on any atom is -0.148 e. The van der Waals surface area contributed by atoms with Crippen LogP contribution >= 0.6 is 61.3 Å². The highest BCUT2D eigenvalue weighted by atomic mass is 79.9. The van der Waals surface area contributed by atoms with Crippen LogP contribution < -0.4 is 0 Å². The Morgan fingerprint density at radius 2 is 1.09 bits per heavy atom. The lowest BCUT2D eigenvalue weighted by molar-refractivity contribution is 0.741. The third-order valence-electron chi connectivity index (χ3n) is 3.78. The van der Waals surface area contributed by atoms with E-state index < -0.39 is 0 Å². The first kappa shape index (κ1) is 15.8. The number of hydrogen-bond donors (Lipinski definition) is 0. The summed E-state index contributed by atoms with van der Waals surface area (Å²) in [6, 6.07) is 17.8. The molecule has 4 heterocycles. The summed E-state index contributed by atoms with van der Waals surface area (Å²) in [4.78, 5) is 5.74. The van der Waals surface area contributed by atoms with E-state index in [2.05, 4.69) is 80.6 Å². The highest BCUT2D eigenvalue weighted by Crippen LogP contribution is 2.48. The zero-order valence-electron chi connectivity index (χ0n) is 12.0. The lowest BCUT2D eigenvalue weighted by Gasteiger charge is -2.24. The summed E-state index contributed by atoms with van der Waals surface area (Å²) in [5, 5.41) is 6.56. The van der Waals surface area contributed by atoms with Crippen molar-refractivity contribution in [3.05, 3.63) is 88.0 Å². The summed E-state index contributed by atoms with van der Waals surface area (Å²) in [5.74, 6) is 0.766. The van der Waals surface area contributed by atoms with E-state index in [1.807, 2.05) is 45.3 Å². The van der Waals surface area contributed by atoms with E-state index in [0.29, 0.717) is 11.8 Å². The molecule has 0 aliphatic heterocycles. The Morgan fingerprint density at radius 3 is 1.43 bits per heavy atom. The summed E-state index contributed by atoms with van der Waals surface area (Å²) >= 11 is 11.1. The largest absolute Gasteiger partial charge is 0.148 e. The Kier molecular flexibility index (Phi) is 4.83. The summed E-state index contributed by atoms with van der Waals surface area (Å²) in [7, 11) is 0. The van der Waals surface area contributed by atoms with Gasteiger partial charge in [0.2, 0.25) is 0 Å². The van der Waals surface area contributed by atoms with Crippen LogP contribution in [0.15, 0.2) is 68.5 Å². The van der Waals surface area contributed by atoms with Crippen molar-refractivity contribution in [3.63, 3.8) is 0 Å². The Labute approximate surface area is 160 Å². The maximum Gasteiger partial charge on any atom is 0.0701 e. The zero-order valence-corrected chi connectivity index (χ0v) is 16.9. The molecule has 0 N–H and O–H groups in total. The van der Waals surface area contributed by atoms with Crippen LogP contribution in [0, 0.1) is 0 Å². The van der Waals surface area contributed by atoms with Crippen LogP contribution in [0.4, 0.5) is 0 Å². The summed E-state index contributed by atoms with van der Waals surface area (Å²) in [6.07, 6.45) is 0. The Morgan fingerprint density at radius 1 is 0.609 bits per heavy atom. The standard InChI is InChI=1S/C18H13BrS4/c19-16-8-7-15(23-16)18(14-6-3-11-22-14)17(12-4-1-9-20-12)13-5-2-10-21-13/h1-11,17-18H. The molecule has 116 valence electrons. The second-order valence-electron chi connectivity index (χ2n) is 5.14. The van der Waals surface area contributed by atoms with E-state index in [0.717, 1.165) is 0 Å². The van der Waals surface area contributed by atoms with Gasteiger partial charge in [0.05, 0.1) is 3.79 Å². The Bertz CT molecular complexity index is 807. The highest BCUT2D eigenvalue weighted by Gasteiger charge is 2.31. The molecule has 0 nitrogen and oxygen atoms in total. The van der Waals surface area contributed by atoms with Crippen molar-refractivity contribution in [2.75, 3.05) is 0 Å². The Hall–Kier alpha value is -0.720. The second-order valence-corrected chi connectivity index (χ2v) is 10.6. The first-order valence-electron chi connectivity index (χ1n) is 7.18. The van der Waals surface area contributed by atoms with Gasteiger partial charge in [-0.3, -0.25) is 0 Å². The van der Waals surface area contributed by atoms with Crippen LogP contribution in [-0.4, -0.2) is 0 Å². The van der Waals surface area contributed by atoms with Gasteiger partial charge in [0.15, 0.2) is 0 Å². The average molecular weight is 437 g/mol. The van der Waals surface area contributed by atoms with Crippen molar-refractivity contribution < 1.29 is 0 Å². The second kappa shape index (κ2) is 7.03. The van der Waals surface area contributed by atoms with Crippen molar-refractivity contribution in [2.45, 2.75) is 11.8 Å². The number of rotatable bonds is 5. The minimum absolute atomic E-state index is 0.378. The molecule has 0 radical (unpaired) electrons. The van der Waals surface area contributed by atoms with E-state index in [1.54, 1.807) is 0 Å². The van der Waals surface area contributed by atoms with Crippen LogP contribution in [0.2, 0.25) is 0 Å². The molecule has 23 heavy (non-hydrogen) atoms. The van der Waals surface area contributed by atoms with Gasteiger partial charge in [0, 0.05) is 31.3 Å². The van der Waals surface area contributed by atoms with Crippen LogP contribution in [0.5, 0.6) is 0 Å². The van der Waals surface area contributed by atoms with E-state index in [4.69, 9.17) is 0 Å². The van der Waals surface area contributed by atoms with E-state index in [1.165, 1.54) is 23.3 Å². The molecule has 0 saturated heterocycles. The molecule has 4 aromatic heterocycles. The molecule has 0 spiro atoms. The SMILES string of the molecule is Brc1ccc(C(c2cccs2)C(c2cccs2)c2cccs2)s1. The van der Waals surface area contributed by atoms with Gasteiger partial charge in [-0.05, 0) is 62.4 Å². The topological polar surface area (TPSA) is 0 Å². The number of hydrogen-bond acceptors (Lipinski definition) is 4. The molecule has 0 aliphatic rings. The fourth-order valence-electron chi connectivity index (χ4n) is 2.84. The van der Waals surface area contributed by atoms with E-state index in [9.17, 15) is 0 Å². The van der Waals surface area contributed by atoms with Gasteiger partial charge in [0.1, 0.15) is 0 Å². The fourth-order valence-corrected chi connectivity index (χ4v) is 7.21. The quantitative estimate of drug-likeness (QED) is 0.301. The van der Waals surface area contributed by atoms with Crippen LogP contribution in [-0.2, 0) is 0 Å². The minimum atomic E-state index is 0.378. The fraction of sp³-hybridized carbons (Fsp3) is 0.111. The number of halogens is 1. The van der Waals surface area contributed by atoms with Crippen LogP contribution in [0.25, 0.3) is 0 Å². The van der Waals surface area contributed by atoms with Gasteiger partial charge in [-0.2, -0.15) is 0 Å². The van der Waals surface area contributed by atoms with Crippen molar-refractivity contribution in [2.24, 2.45) is 0 Å². The van der Waals surface area contributed by atoms with Gasteiger partial charge >= 0.3 is 0 Å². The van der Waals surface area contributed by atoms with Gasteiger partial charge in [-0.25, -0.2) is 0 Å². The molecule has 4 aromatic rings. The predicted octanol–water partition coefficient (Wildman–Crippen LogP) is 7.66. The molecule has 1 unspecified atom stereocenters. The summed E-state index contributed by atoms with van der Waals surface area (Å²) < 4.78 is 1.20. The molecule has 0 aliphatic carbocycles. The highest BCUT2D eigenvalue weighted by molar-refractivity contribution is 9.11. The van der Waals surface area contributed by atoms with Crippen molar-refractivity contribution in [3.8, 4) is 0 Å². The summed E-state index contributed by atoms with van der Waals surface area (Å²) in [6.45, 7) is 0. The molecule has 0 aromatic carbocycles. The molecular weight excluding hydrogens is 424 g/mol. The normalized spacial score (nSPS) is 12.8. The molecule has 0 bridgehead atoms. The monoisotopic (exact) mass is 436 g/mol. The van der Waals surface area contributed by atoms with Crippen molar-refractivity contribution in [1.29, 1.82) is 0 Å². The molecular formula is C18H13BrS4. The molecule has 5 heteroatoms. The molecule has 0 amide bonds. The Balaban J connectivity index is 1.88. The first-order chi connectivity index (χ1) is 11.3. The van der Waals surface area contributed by atoms with Gasteiger partial charge < -0.3 is 0 Å².